The van der Waals surface area contributed by atoms with Gasteiger partial charge >= 0.3 is 25.7 Å². The van der Waals surface area contributed by atoms with Gasteiger partial charge in [-0.3, -0.25) is 23.4 Å². The molecule has 54 heavy (non-hydrogen) atoms. The van der Waals surface area contributed by atoms with Gasteiger partial charge in [-0.1, -0.05) is 134 Å². The maximum absolute atomic E-state index is 12.6. The van der Waals surface area contributed by atoms with Gasteiger partial charge in [-0.05, 0) is 51.4 Å². The molecule has 0 saturated carbocycles. The summed E-state index contributed by atoms with van der Waals surface area (Å²) in [6, 6.07) is -1.53. The summed E-state index contributed by atoms with van der Waals surface area (Å²) in [4.78, 5) is 45.8. The molecule has 1 saturated heterocycles. The molecule has 312 valence electrons. The summed E-state index contributed by atoms with van der Waals surface area (Å²) in [6.07, 6.45) is 35.3. The number of hydrogen-bond acceptors (Lipinski definition) is 10. The molecule has 1 aliphatic heterocycles. The van der Waals surface area contributed by atoms with Gasteiger partial charge in [0.15, 0.2) is 6.10 Å². The Labute approximate surface area is 325 Å². The van der Waals surface area contributed by atoms with Crippen LogP contribution in [0.5, 0.6) is 0 Å². The van der Waals surface area contributed by atoms with Crippen LogP contribution in [0.4, 0.5) is 0 Å². The Morgan fingerprint density at radius 1 is 0.667 bits per heavy atom. The minimum absolute atomic E-state index is 0.0810. The van der Waals surface area contributed by atoms with Crippen molar-refractivity contribution in [1.82, 2.24) is 0 Å². The molecule has 0 bridgehead atoms. The second kappa shape index (κ2) is 32.9. The first-order chi connectivity index (χ1) is 26.1. The SMILES string of the molecule is CCCCC/C=C\CC1OC1C/C=C\C/C=C\CCCC(=O)O[C@H](COC(=O)CCCCCCCCCCCCCC)COP(=O)(O)OC[C@H](N)C(=O)O. The van der Waals surface area contributed by atoms with Crippen molar-refractivity contribution in [2.24, 2.45) is 5.73 Å². The van der Waals surface area contributed by atoms with Crippen LogP contribution < -0.4 is 5.73 Å². The Balaban J connectivity index is 2.35. The minimum atomic E-state index is -4.73. The number of ether oxygens (including phenoxy) is 3. The van der Waals surface area contributed by atoms with E-state index in [1.165, 1.54) is 70.6 Å². The van der Waals surface area contributed by atoms with Crippen molar-refractivity contribution in [3.63, 3.8) is 0 Å². The Kier molecular flexibility index (Phi) is 30.2. The summed E-state index contributed by atoms with van der Waals surface area (Å²) in [7, 11) is -4.73. The number of rotatable bonds is 37. The molecular weight excluding hydrogens is 713 g/mol. The molecule has 0 aliphatic carbocycles. The summed E-state index contributed by atoms with van der Waals surface area (Å²) >= 11 is 0. The molecule has 0 spiro atoms. The molecule has 0 radical (unpaired) electrons. The lowest BCUT2D eigenvalue weighted by atomic mass is 10.0. The number of aliphatic carboxylic acids is 1. The molecule has 0 amide bonds. The average molecular weight is 786 g/mol. The number of carboxylic acid groups (broad SMARTS) is 1. The highest BCUT2D eigenvalue weighted by Crippen LogP contribution is 2.43. The lowest BCUT2D eigenvalue weighted by molar-refractivity contribution is -0.161. The second-order valence-electron chi connectivity index (χ2n) is 14.2. The van der Waals surface area contributed by atoms with E-state index >= 15 is 0 Å². The molecule has 1 rings (SSSR count). The van der Waals surface area contributed by atoms with Crippen LogP contribution in [0.2, 0.25) is 0 Å². The maximum atomic E-state index is 12.6. The quantitative estimate of drug-likeness (QED) is 0.0178. The fraction of sp³-hybridized carbons (Fsp3) is 0.780. The van der Waals surface area contributed by atoms with Crippen molar-refractivity contribution >= 4 is 25.7 Å². The number of allylic oxidation sites excluding steroid dienone is 4. The highest BCUT2D eigenvalue weighted by atomic mass is 31.2. The Morgan fingerprint density at radius 3 is 1.80 bits per heavy atom. The van der Waals surface area contributed by atoms with Crippen LogP contribution in [-0.4, -0.2) is 72.1 Å². The number of epoxide rings is 1. The van der Waals surface area contributed by atoms with Gasteiger partial charge in [0.1, 0.15) is 12.6 Å². The molecule has 0 aromatic rings. The molecule has 13 heteroatoms. The lowest BCUT2D eigenvalue weighted by Crippen LogP contribution is -2.34. The Bertz CT molecular complexity index is 1130. The molecule has 0 aromatic carbocycles. The van der Waals surface area contributed by atoms with Crippen molar-refractivity contribution in [3.8, 4) is 0 Å². The van der Waals surface area contributed by atoms with Gasteiger partial charge in [0.2, 0.25) is 0 Å². The van der Waals surface area contributed by atoms with Gasteiger partial charge in [0.25, 0.3) is 0 Å². The van der Waals surface area contributed by atoms with Crippen molar-refractivity contribution in [2.75, 3.05) is 19.8 Å². The number of nitrogens with two attached hydrogens (primary N) is 1. The third-order valence-electron chi connectivity index (χ3n) is 9.04. The number of carbonyl (C=O) groups excluding carboxylic acids is 2. The fourth-order valence-electron chi connectivity index (χ4n) is 5.63. The topological polar surface area (TPSA) is 184 Å². The van der Waals surface area contributed by atoms with Gasteiger partial charge in [-0.2, -0.15) is 0 Å². The van der Waals surface area contributed by atoms with E-state index in [0.29, 0.717) is 31.5 Å². The smallest absolute Gasteiger partial charge is 0.472 e. The molecule has 1 fully saturated rings. The van der Waals surface area contributed by atoms with Crippen molar-refractivity contribution in [1.29, 1.82) is 0 Å². The highest BCUT2D eigenvalue weighted by molar-refractivity contribution is 7.47. The Hall–Kier alpha value is -2.34. The predicted molar refractivity (Wildman–Crippen MR) is 212 cm³/mol. The number of phosphoric ester groups is 1. The van der Waals surface area contributed by atoms with Crippen LogP contribution in [0.3, 0.4) is 0 Å². The van der Waals surface area contributed by atoms with Crippen LogP contribution in [0, 0.1) is 0 Å². The standard InChI is InChI=1S/C41H72NO11P/c1-3-5-7-9-11-12-13-14-15-18-22-26-30-39(43)49-32-35(33-50-54(47,48)51-34-36(42)41(45)46)52-40(44)31-27-23-19-16-17-21-25-29-38-37(53-38)28-24-20-10-8-6-4-2/h16,19-21,24-25,35-38H,3-15,17-18,22-23,26-34,42H2,1-2H3,(H,45,46)(H,47,48)/b19-16-,24-20-,25-21-/t35-,36+,37?,38?/m1/s1. The first kappa shape index (κ1) is 49.7. The summed E-state index contributed by atoms with van der Waals surface area (Å²) < 4.78 is 38.3. The molecule has 1 heterocycles. The van der Waals surface area contributed by atoms with Gasteiger partial charge in [0.05, 0.1) is 25.4 Å². The van der Waals surface area contributed by atoms with Gasteiger partial charge in [0, 0.05) is 12.8 Å². The van der Waals surface area contributed by atoms with Crippen molar-refractivity contribution < 1.29 is 52.2 Å². The van der Waals surface area contributed by atoms with Crippen LogP contribution >= 0.6 is 7.82 Å². The Morgan fingerprint density at radius 2 is 1.17 bits per heavy atom. The zero-order valence-electron chi connectivity index (χ0n) is 33.3. The van der Waals surface area contributed by atoms with E-state index in [0.717, 1.165) is 44.9 Å². The van der Waals surface area contributed by atoms with Crippen LogP contribution in [0.25, 0.3) is 0 Å². The zero-order valence-corrected chi connectivity index (χ0v) is 34.1. The number of carbonyl (C=O) groups is 3. The van der Waals surface area contributed by atoms with Gasteiger partial charge in [-0.15, -0.1) is 0 Å². The third-order valence-corrected chi connectivity index (χ3v) is 9.99. The highest BCUT2D eigenvalue weighted by Gasteiger charge is 2.36. The molecule has 1 aliphatic rings. The molecule has 0 aromatic heterocycles. The fourth-order valence-corrected chi connectivity index (χ4v) is 6.41. The molecule has 12 nitrogen and oxygen atoms in total. The average Bonchev–Trinajstić information content (AvgIpc) is 3.90. The van der Waals surface area contributed by atoms with Crippen LogP contribution in [-0.2, 0) is 42.2 Å². The van der Waals surface area contributed by atoms with E-state index in [-0.39, 0.29) is 19.4 Å². The number of hydrogen-bond donors (Lipinski definition) is 3. The lowest BCUT2D eigenvalue weighted by Gasteiger charge is -2.20. The summed E-state index contributed by atoms with van der Waals surface area (Å²) in [6.45, 7) is 2.69. The molecule has 3 unspecified atom stereocenters. The summed E-state index contributed by atoms with van der Waals surface area (Å²) in [5.41, 5.74) is 5.32. The largest absolute Gasteiger partial charge is 0.480 e. The number of esters is 2. The second-order valence-corrected chi connectivity index (χ2v) is 15.6. The van der Waals surface area contributed by atoms with Gasteiger partial charge < -0.3 is 29.9 Å². The van der Waals surface area contributed by atoms with E-state index in [2.05, 4.69) is 42.7 Å². The normalized spacial score (nSPS) is 17.9. The van der Waals surface area contributed by atoms with E-state index in [9.17, 15) is 23.8 Å². The third kappa shape index (κ3) is 29.9. The van der Waals surface area contributed by atoms with Crippen LogP contribution in [0.15, 0.2) is 36.5 Å². The first-order valence-corrected chi connectivity index (χ1v) is 22.1. The van der Waals surface area contributed by atoms with E-state index in [1.807, 2.05) is 12.2 Å². The van der Waals surface area contributed by atoms with E-state index in [1.54, 1.807) is 0 Å². The van der Waals surface area contributed by atoms with E-state index < -0.39 is 51.1 Å². The van der Waals surface area contributed by atoms with Crippen LogP contribution in [0.1, 0.15) is 162 Å². The van der Waals surface area contributed by atoms with Crippen molar-refractivity contribution in [3.05, 3.63) is 36.5 Å². The number of unbranched alkanes of at least 4 members (excludes halogenated alkanes) is 15. The monoisotopic (exact) mass is 785 g/mol. The van der Waals surface area contributed by atoms with Gasteiger partial charge in [-0.25, -0.2) is 4.57 Å². The zero-order chi connectivity index (χ0) is 39.7. The van der Waals surface area contributed by atoms with E-state index in [4.69, 9.17) is 29.6 Å². The number of carboxylic acids is 1. The number of phosphoric acid groups is 1. The maximum Gasteiger partial charge on any atom is 0.472 e. The first-order valence-electron chi connectivity index (χ1n) is 20.6. The molecule has 5 atom stereocenters. The molecular formula is C41H72NO11P. The molecule has 4 N–H and O–H groups in total. The summed E-state index contributed by atoms with van der Waals surface area (Å²) in [5, 5.41) is 8.87. The predicted octanol–water partition coefficient (Wildman–Crippen LogP) is 9.44. The van der Waals surface area contributed by atoms with Crippen molar-refractivity contribution in [2.45, 2.75) is 186 Å². The minimum Gasteiger partial charge on any atom is -0.480 e. The summed E-state index contributed by atoms with van der Waals surface area (Å²) in [5.74, 6) is -2.46.